The van der Waals surface area contributed by atoms with Crippen LogP contribution in [0.15, 0.2) is 60.9 Å². The average molecular weight is 953 g/mol. The molecule has 0 radical (unpaired) electrons. The number of hydrogen-bond acceptors (Lipinski definition) is 13. The van der Waals surface area contributed by atoms with Gasteiger partial charge < -0.3 is 19.5 Å². The molecular formula is C46H58F2N8O8S2. The molecule has 2 saturated heterocycles. The molecule has 0 atom stereocenters. The smallest absolute Gasteiger partial charge is 0.332 e. The number of nitrogens with one attached hydrogen (secondary N) is 2. The van der Waals surface area contributed by atoms with Crippen molar-refractivity contribution in [2.45, 2.75) is 101 Å². The minimum Gasteiger partial charge on any atom is -0.481 e. The number of primary sulfonamides is 1. The van der Waals surface area contributed by atoms with Crippen LogP contribution in [-0.4, -0.2) is 106 Å². The Morgan fingerprint density at radius 2 is 1.23 bits per heavy atom. The number of carbonyl (C=O) groups excluding carboxylic acids is 1. The van der Waals surface area contributed by atoms with Crippen molar-refractivity contribution in [3.8, 4) is 46.0 Å². The van der Waals surface area contributed by atoms with E-state index in [1.807, 2.05) is 27.7 Å². The first kappa shape index (κ1) is 50.0. The van der Waals surface area contributed by atoms with Crippen LogP contribution in [0.2, 0.25) is 0 Å². The minimum absolute atomic E-state index is 0.0199. The van der Waals surface area contributed by atoms with Gasteiger partial charge in [0.2, 0.25) is 31.8 Å². The van der Waals surface area contributed by atoms with E-state index >= 15 is 0 Å². The second kappa shape index (κ2) is 21.4. The number of sulfonamides is 2. The van der Waals surface area contributed by atoms with Crippen molar-refractivity contribution in [3.05, 3.63) is 83.7 Å². The number of halogens is 2. The first-order valence-corrected chi connectivity index (χ1v) is 25.0. The summed E-state index contributed by atoms with van der Waals surface area (Å²) in [4.78, 5) is 25.2. The molecule has 0 bridgehead atoms. The number of pyridine rings is 2. The molecule has 2 saturated carbocycles. The number of methoxy groups -OCH3 is 2. The minimum atomic E-state index is -3.83. The van der Waals surface area contributed by atoms with E-state index < -0.39 is 37.1 Å². The number of nitrogens with zero attached hydrogens (tertiary/aromatic N) is 5. The van der Waals surface area contributed by atoms with Crippen molar-refractivity contribution >= 4 is 31.8 Å². The van der Waals surface area contributed by atoms with E-state index in [4.69, 9.17) is 24.6 Å². The van der Waals surface area contributed by atoms with Crippen molar-refractivity contribution in [2.24, 2.45) is 5.14 Å². The van der Waals surface area contributed by atoms with Gasteiger partial charge in [-0.2, -0.15) is 0 Å². The summed E-state index contributed by atoms with van der Waals surface area (Å²) in [5.74, 6) is 0.155. The summed E-state index contributed by atoms with van der Waals surface area (Å²) in [6, 6.07) is 12.3. The predicted octanol–water partition coefficient (Wildman–Crippen LogP) is 7.10. The highest BCUT2D eigenvalue weighted by atomic mass is 32.2. The Balaban J connectivity index is 0.000000185. The lowest BCUT2D eigenvalue weighted by Gasteiger charge is -2.47. The first-order chi connectivity index (χ1) is 31.3. The lowest BCUT2D eigenvalue weighted by atomic mass is 9.89. The van der Waals surface area contributed by atoms with Gasteiger partial charge in [0.25, 0.3) is 6.26 Å². The molecule has 0 unspecified atom stereocenters. The molecule has 4 aromatic rings. The zero-order chi connectivity index (χ0) is 47.9. The maximum Gasteiger partial charge on any atom is 0.332 e. The van der Waals surface area contributed by atoms with Crippen molar-refractivity contribution in [3.63, 3.8) is 0 Å². The van der Waals surface area contributed by atoms with E-state index in [1.54, 1.807) is 36.7 Å². The Kier molecular flexibility index (Phi) is 16.2. The Bertz CT molecular complexity index is 2630. The monoisotopic (exact) mass is 952 g/mol. The second-order valence-electron chi connectivity index (χ2n) is 17.5. The SMILES string of the molecule is COc1cc(-c2cc(F)cc(C(C)C)c2NC(=O)NS(=O)(=O)C2CN(C3CCC3)C2)ccn1.COc1cc(-c2cc(F)cc(C(C)C)c2OC#N)ccn1.NS(=O)(=O)C1CN(C2CCC2)C1. The van der Waals surface area contributed by atoms with Gasteiger partial charge in [0.05, 0.1) is 19.9 Å². The van der Waals surface area contributed by atoms with Crippen molar-refractivity contribution in [1.82, 2.24) is 24.5 Å². The van der Waals surface area contributed by atoms with Crippen LogP contribution in [0.25, 0.3) is 22.3 Å². The van der Waals surface area contributed by atoms with Gasteiger partial charge in [-0.15, -0.1) is 5.26 Å². The fourth-order valence-corrected chi connectivity index (χ4v) is 10.1. The standard InChI is InChI=1S/C23H29FN4O4S.C16H15FN2O2.C7H14N2O2S/c1-14(2)19-10-16(24)11-20(15-7-8-25-21(9-15)32-3)22(19)26-23(29)27-33(30,31)18-12-28(13-18)17-5-4-6-17;1-10(2)13-7-12(17)8-14(16(13)21-9-18)11-4-5-19-15(6-11)20-3;8-12(10,11)7-4-9(5-7)6-2-1-3-6/h7-11,14,17-18H,4-6,12-13H2,1-3H3,(H2,26,27,29);4-8,10H,1-3H3;6-7H,1-5H2,(H2,8,10,11). The lowest BCUT2D eigenvalue weighted by Crippen LogP contribution is -2.62. The lowest BCUT2D eigenvalue weighted by molar-refractivity contribution is 0.0704. The number of aromatic nitrogens is 2. The fourth-order valence-electron chi connectivity index (χ4n) is 8.04. The molecule has 2 aliphatic heterocycles. The highest BCUT2D eigenvalue weighted by Gasteiger charge is 2.43. The third-order valence-electron chi connectivity index (χ3n) is 12.4. The van der Waals surface area contributed by atoms with E-state index in [-0.39, 0.29) is 22.9 Å². The maximum atomic E-state index is 14.5. The van der Waals surface area contributed by atoms with Gasteiger partial charge in [0.1, 0.15) is 22.1 Å². The zero-order valence-corrected chi connectivity index (χ0v) is 39.6. The van der Waals surface area contributed by atoms with E-state index in [0.29, 0.717) is 94.8 Å². The second-order valence-corrected chi connectivity index (χ2v) is 21.3. The Morgan fingerprint density at radius 1 is 0.758 bits per heavy atom. The first-order valence-electron chi connectivity index (χ1n) is 21.9. The summed E-state index contributed by atoms with van der Waals surface area (Å²) in [5, 5.41) is 15.6. The summed E-state index contributed by atoms with van der Waals surface area (Å²) >= 11 is 0. The third-order valence-corrected chi connectivity index (χ3v) is 15.3. The van der Waals surface area contributed by atoms with Crippen molar-refractivity contribution in [1.29, 1.82) is 5.26 Å². The van der Waals surface area contributed by atoms with E-state index in [2.05, 4.69) is 29.8 Å². The molecule has 16 nitrogen and oxygen atoms in total. The van der Waals surface area contributed by atoms with E-state index in [1.165, 1.54) is 70.4 Å². The topological polar surface area (TPSA) is 219 Å². The molecule has 2 aliphatic carbocycles. The summed E-state index contributed by atoms with van der Waals surface area (Å²) in [6.07, 6.45) is 11.9. The number of rotatable bonds is 13. The van der Waals surface area contributed by atoms with Crippen LogP contribution in [0.1, 0.15) is 89.2 Å². The highest BCUT2D eigenvalue weighted by molar-refractivity contribution is 7.90. The van der Waals surface area contributed by atoms with Crippen LogP contribution in [0.4, 0.5) is 19.3 Å². The third kappa shape index (κ3) is 12.1. The summed E-state index contributed by atoms with van der Waals surface area (Å²) in [7, 11) is -4.11. The zero-order valence-electron chi connectivity index (χ0n) is 38.0. The molecule has 4 N–H and O–H groups in total. The molecule has 356 valence electrons. The van der Waals surface area contributed by atoms with Crippen LogP contribution in [0.3, 0.4) is 0 Å². The number of urea groups is 1. The highest BCUT2D eigenvalue weighted by Crippen LogP contribution is 2.40. The van der Waals surface area contributed by atoms with Crippen LogP contribution in [0, 0.1) is 23.2 Å². The summed E-state index contributed by atoms with van der Waals surface area (Å²) in [5.41, 5.74) is 3.70. The molecule has 4 fully saturated rings. The number of ether oxygens (including phenoxy) is 3. The molecule has 2 amide bonds. The fraction of sp³-hybridized carbons (Fsp3) is 0.478. The summed E-state index contributed by atoms with van der Waals surface area (Å²) in [6.45, 7) is 9.74. The molecule has 66 heavy (non-hydrogen) atoms. The number of amides is 2. The number of nitrogens with two attached hydrogens (primary N) is 1. The quantitative estimate of drug-likeness (QED) is 0.114. The van der Waals surface area contributed by atoms with Crippen LogP contribution >= 0.6 is 0 Å². The van der Waals surface area contributed by atoms with Gasteiger partial charge in [-0.05, 0) is 90.6 Å². The van der Waals surface area contributed by atoms with E-state index in [0.717, 1.165) is 12.8 Å². The number of nitriles is 1. The van der Waals surface area contributed by atoms with Crippen LogP contribution < -0.4 is 29.4 Å². The molecule has 4 aliphatic rings. The molecule has 20 heteroatoms. The Labute approximate surface area is 385 Å². The Hall–Kier alpha value is -5.46. The molecule has 8 rings (SSSR count). The number of carbonyl (C=O) groups is 1. The van der Waals surface area contributed by atoms with Crippen molar-refractivity contribution < 1.29 is 44.6 Å². The normalized spacial score (nSPS) is 17.1. The van der Waals surface area contributed by atoms with Crippen LogP contribution in [0.5, 0.6) is 17.5 Å². The van der Waals surface area contributed by atoms with E-state index in [9.17, 15) is 30.4 Å². The Morgan fingerprint density at radius 3 is 1.67 bits per heavy atom. The van der Waals surface area contributed by atoms with Gasteiger partial charge >= 0.3 is 6.03 Å². The average Bonchev–Trinajstić information content (AvgIpc) is 3.19. The molecule has 2 aromatic carbocycles. The number of anilines is 1. The molecular weight excluding hydrogens is 895 g/mol. The number of likely N-dealkylation sites (tertiary alicyclic amines) is 2. The number of hydrogen-bond donors (Lipinski definition) is 3. The largest absolute Gasteiger partial charge is 0.481 e. The van der Waals surface area contributed by atoms with Gasteiger partial charge in [0.15, 0.2) is 5.75 Å². The van der Waals surface area contributed by atoms with Gasteiger partial charge in [-0.25, -0.2) is 50.2 Å². The predicted molar refractivity (Wildman–Crippen MR) is 247 cm³/mol. The van der Waals surface area contributed by atoms with Gasteiger partial charge in [0, 0.05) is 79.5 Å². The van der Waals surface area contributed by atoms with Gasteiger partial charge in [-0.3, -0.25) is 9.80 Å². The molecule has 2 aromatic heterocycles. The van der Waals surface area contributed by atoms with Crippen LogP contribution in [-0.2, 0) is 20.0 Å². The van der Waals surface area contributed by atoms with Crippen molar-refractivity contribution in [2.75, 3.05) is 45.7 Å². The number of benzene rings is 2. The summed E-state index contributed by atoms with van der Waals surface area (Å²) < 4.78 is 92.9. The van der Waals surface area contributed by atoms with Gasteiger partial charge in [-0.1, -0.05) is 40.5 Å². The maximum absolute atomic E-state index is 14.5. The molecule has 0 spiro atoms. The molecule has 4 heterocycles.